The molecule has 98 valence electrons. The van der Waals surface area contributed by atoms with Crippen molar-refractivity contribution in [3.8, 4) is 6.07 Å². The molecule has 2 atom stereocenters. The normalized spacial score (nSPS) is 22.7. The highest BCUT2D eigenvalue weighted by Crippen LogP contribution is 2.40. The Morgan fingerprint density at radius 1 is 1.47 bits per heavy atom. The molecule has 1 fully saturated rings. The molecular weight excluding hydrogens is 256 g/mol. The number of imidazole rings is 1. The first-order chi connectivity index (χ1) is 9.24. The standard InChI is InChI=1S/C14H16N4S/c1-19-13-4-2-3-11(13)18-12-7-9(8-15)5-6-10(12)17-14(18)16/h5-7,11,13H,2-4H2,1H3,(H2,16,17). The molecule has 1 aliphatic rings. The lowest BCUT2D eigenvalue weighted by atomic mass is 10.2. The zero-order valence-electron chi connectivity index (χ0n) is 10.8. The van der Waals surface area contributed by atoms with E-state index in [1.54, 1.807) is 6.07 Å². The Balaban J connectivity index is 2.16. The lowest BCUT2D eigenvalue weighted by Gasteiger charge is -2.21. The Kier molecular flexibility index (Phi) is 3.11. The number of hydrogen-bond donors (Lipinski definition) is 1. The number of aromatic nitrogens is 2. The van der Waals surface area contributed by atoms with Gasteiger partial charge in [0.15, 0.2) is 0 Å². The van der Waals surface area contributed by atoms with Crippen LogP contribution in [0.3, 0.4) is 0 Å². The van der Waals surface area contributed by atoms with Crippen molar-refractivity contribution in [3.63, 3.8) is 0 Å². The maximum atomic E-state index is 9.04. The third kappa shape index (κ3) is 1.96. The summed E-state index contributed by atoms with van der Waals surface area (Å²) in [5.74, 6) is 0.566. The molecule has 3 rings (SSSR count). The third-order valence-electron chi connectivity index (χ3n) is 3.90. The van der Waals surface area contributed by atoms with Gasteiger partial charge in [-0.25, -0.2) is 4.98 Å². The second kappa shape index (κ2) is 4.78. The topological polar surface area (TPSA) is 67.6 Å². The van der Waals surface area contributed by atoms with Crippen molar-refractivity contribution in [1.29, 1.82) is 5.26 Å². The van der Waals surface area contributed by atoms with Gasteiger partial charge in [0, 0.05) is 11.3 Å². The number of fused-ring (bicyclic) bond motifs is 1. The Labute approximate surface area is 116 Å². The van der Waals surface area contributed by atoms with Crippen LogP contribution in [0.2, 0.25) is 0 Å². The van der Waals surface area contributed by atoms with Gasteiger partial charge in [-0.2, -0.15) is 17.0 Å². The summed E-state index contributed by atoms with van der Waals surface area (Å²) in [5, 5.41) is 9.63. The van der Waals surface area contributed by atoms with E-state index in [0.717, 1.165) is 17.5 Å². The van der Waals surface area contributed by atoms with Crippen LogP contribution in [0.5, 0.6) is 0 Å². The van der Waals surface area contributed by atoms with Crippen molar-refractivity contribution >= 4 is 28.7 Å². The van der Waals surface area contributed by atoms with E-state index in [4.69, 9.17) is 11.0 Å². The number of hydrogen-bond acceptors (Lipinski definition) is 4. The predicted molar refractivity (Wildman–Crippen MR) is 79.1 cm³/mol. The molecule has 0 amide bonds. The zero-order chi connectivity index (χ0) is 13.4. The maximum Gasteiger partial charge on any atom is 0.201 e. The van der Waals surface area contributed by atoms with E-state index in [1.807, 2.05) is 23.9 Å². The van der Waals surface area contributed by atoms with Gasteiger partial charge < -0.3 is 10.3 Å². The highest BCUT2D eigenvalue weighted by atomic mass is 32.2. The van der Waals surface area contributed by atoms with Gasteiger partial charge in [0.1, 0.15) is 0 Å². The number of thioether (sulfide) groups is 1. The number of nitrogen functional groups attached to an aromatic ring is 1. The van der Waals surface area contributed by atoms with Crippen LogP contribution < -0.4 is 5.73 Å². The fourth-order valence-electron chi connectivity index (χ4n) is 3.01. The molecule has 0 aliphatic heterocycles. The van der Waals surface area contributed by atoms with Crippen molar-refractivity contribution in [2.24, 2.45) is 0 Å². The minimum Gasteiger partial charge on any atom is -0.369 e. The summed E-state index contributed by atoms with van der Waals surface area (Å²) in [4.78, 5) is 4.42. The van der Waals surface area contributed by atoms with Gasteiger partial charge in [-0.1, -0.05) is 6.42 Å². The molecule has 0 saturated heterocycles. The van der Waals surface area contributed by atoms with Crippen molar-refractivity contribution in [2.45, 2.75) is 30.6 Å². The maximum absolute atomic E-state index is 9.04. The lowest BCUT2D eigenvalue weighted by molar-refractivity contribution is 0.550. The summed E-state index contributed by atoms with van der Waals surface area (Å²) in [5.41, 5.74) is 8.63. The SMILES string of the molecule is CSC1CCCC1n1c(N)nc2ccc(C#N)cc21. The highest BCUT2D eigenvalue weighted by Gasteiger charge is 2.30. The van der Waals surface area contributed by atoms with Crippen molar-refractivity contribution in [2.75, 3.05) is 12.0 Å². The van der Waals surface area contributed by atoms with Gasteiger partial charge in [-0.15, -0.1) is 0 Å². The van der Waals surface area contributed by atoms with Gasteiger partial charge in [0.2, 0.25) is 5.95 Å². The Bertz CT molecular complexity index is 655. The lowest BCUT2D eigenvalue weighted by Crippen LogP contribution is -2.17. The molecule has 2 unspecified atom stereocenters. The van der Waals surface area contributed by atoms with Gasteiger partial charge in [-0.05, 0) is 37.3 Å². The number of benzene rings is 1. The number of nitriles is 1. The number of nitrogens with zero attached hydrogens (tertiary/aromatic N) is 3. The summed E-state index contributed by atoms with van der Waals surface area (Å²) in [6, 6.07) is 8.15. The Hall–Kier alpha value is -1.67. The van der Waals surface area contributed by atoms with Crippen LogP contribution in [0.25, 0.3) is 11.0 Å². The fraction of sp³-hybridized carbons (Fsp3) is 0.429. The Morgan fingerprint density at radius 3 is 3.05 bits per heavy atom. The second-order valence-electron chi connectivity index (χ2n) is 4.93. The fourth-order valence-corrected chi connectivity index (χ4v) is 3.98. The van der Waals surface area contributed by atoms with Gasteiger partial charge >= 0.3 is 0 Å². The van der Waals surface area contributed by atoms with Crippen molar-refractivity contribution < 1.29 is 0 Å². The van der Waals surface area contributed by atoms with Crippen molar-refractivity contribution in [1.82, 2.24) is 9.55 Å². The summed E-state index contributed by atoms with van der Waals surface area (Å²) in [7, 11) is 0. The highest BCUT2D eigenvalue weighted by molar-refractivity contribution is 7.99. The van der Waals surface area contributed by atoms with Crippen LogP contribution in [0.15, 0.2) is 18.2 Å². The molecule has 1 saturated carbocycles. The zero-order valence-corrected chi connectivity index (χ0v) is 11.7. The molecule has 2 aromatic rings. The summed E-state index contributed by atoms with van der Waals surface area (Å²) in [6.07, 6.45) is 5.74. The first-order valence-electron chi connectivity index (χ1n) is 6.45. The van der Waals surface area contributed by atoms with Crippen LogP contribution in [0, 0.1) is 11.3 Å². The van der Waals surface area contributed by atoms with E-state index in [9.17, 15) is 0 Å². The van der Waals surface area contributed by atoms with Crippen LogP contribution >= 0.6 is 11.8 Å². The number of rotatable bonds is 2. The molecule has 1 aliphatic carbocycles. The van der Waals surface area contributed by atoms with E-state index >= 15 is 0 Å². The van der Waals surface area contributed by atoms with Crippen LogP contribution in [0.4, 0.5) is 5.95 Å². The van der Waals surface area contributed by atoms with E-state index in [-0.39, 0.29) is 0 Å². The van der Waals surface area contributed by atoms with E-state index in [0.29, 0.717) is 22.8 Å². The summed E-state index contributed by atoms with van der Waals surface area (Å²) < 4.78 is 2.13. The molecule has 1 heterocycles. The molecular formula is C14H16N4S. The quantitative estimate of drug-likeness (QED) is 0.912. The minimum absolute atomic E-state index is 0.397. The van der Waals surface area contributed by atoms with Gasteiger partial charge in [0.05, 0.1) is 22.7 Å². The average Bonchev–Trinajstić information content (AvgIpc) is 3.00. The average molecular weight is 272 g/mol. The van der Waals surface area contributed by atoms with Crippen LogP contribution in [0.1, 0.15) is 30.9 Å². The van der Waals surface area contributed by atoms with E-state index in [2.05, 4.69) is 21.9 Å². The predicted octanol–water partition coefficient (Wildman–Crippen LogP) is 2.95. The summed E-state index contributed by atoms with van der Waals surface area (Å²) in [6.45, 7) is 0. The molecule has 0 spiro atoms. The molecule has 2 N–H and O–H groups in total. The molecule has 0 bridgehead atoms. The molecule has 0 radical (unpaired) electrons. The Morgan fingerprint density at radius 2 is 2.32 bits per heavy atom. The second-order valence-corrected chi connectivity index (χ2v) is 6.00. The number of nitrogens with two attached hydrogens (primary N) is 1. The monoisotopic (exact) mass is 272 g/mol. The summed E-state index contributed by atoms with van der Waals surface area (Å²) >= 11 is 1.90. The largest absolute Gasteiger partial charge is 0.369 e. The molecule has 5 heteroatoms. The van der Waals surface area contributed by atoms with E-state index in [1.165, 1.54) is 12.8 Å². The first kappa shape index (κ1) is 12.4. The molecule has 4 nitrogen and oxygen atoms in total. The van der Waals surface area contributed by atoms with Gasteiger partial charge in [0.25, 0.3) is 0 Å². The van der Waals surface area contributed by atoms with Gasteiger partial charge in [-0.3, -0.25) is 0 Å². The third-order valence-corrected chi connectivity index (χ3v) is 5.05. The van der Waals surface area contributed by atoms with Crippen LogP contribution in [-0.4, -0.2) is 21.1 Å². The molecule has 1 aromatic heterocycles. The molecule has 19 heavy (non-hydrogen) atoms. The number of anilines is 1. The van der Waals surface area contributed by atoms with E-state index < -0.39 is 0 Å². The molecule has 1 aromatic carbocycles. The smallest absolute Gasteiger partial charge is 0.201 e. The van der Waals surface area contributed by atoms with Crippen molar-refractivity contribution in [3.05, 3.63) is 23.8 Å². The minimum atomic E-state index is 0.397. The first-order valence-corrected chi connectivity index (χ1v) is 7.73. The van der Waals surface area contributed by atoms with Crippen LogP contribution in [-0.2, 0) is 0 Å².